The summed E-state index contributed by atoms with van der Waals surface area (Å²) in [5.41, 5.74) is 1.27. The molecule has 6 nitrogen and oxygen atoms in total. The Hall–Kier alpha value is -3.80. The third-order valence-corrected chi connectivity index (χ3v) is 4.00. The molecule has 0 unspecified atom stereocenters. The summed E-state index contributed by atoms with van der Waals surface area (Å²) in [4.78, 5) is 26.7. The average molecular weight is 344 g/mol. The molecule has 6 heteroatoms. The van der Waals surface area contributed by atoms with Crippen LogP contribution in [-0.2, 0) is 9.53 Å². The molecular formula is C20H12N2O4. The summed E-state index contributed by atoms with van der Waals surface area (Å²) in [6.45, 7) is 0. The number of fused-ring (bicyclic) bond motifs is 1. The molecule has 0 aromatic heterocycles. The van der Waals surface area contributed by atoms with Crippen LogP contribution in [0, 0.1) is 10.1 Å². The van der Waals surface area contributed by atoms with Gasteiger partial charge in [0, 0.05) is 17.7 Å². The van der Waals surface area contributed by atoms with Gasteiger partial charge in [-0.05, 0) is 34.5 Å². The van der Waals surface area contributed by atoms with Crippen molar-refractivity contribution < 1.29 is 14.5 Å². The fourth-order valence-electron chi connectivity index (χ4n) is 2.74. The number of nitro groups is 1. The van der Waals surface area contributed by atoms with E-state index in [4.69, 9.17) is 4.74 Å². The molecule has 1 heterocycles. The molecule has 0 aliphatic carbocycles. The number of hydrogen-bond acceptors (Lipinski definition) is 5. The maximum Gasteiger partial charge on any atom is 0.363 e. The van der Waals surface area contributed by atoms with Crippen LogP contribution in [-0.4, -0.2) is 16.8 Å². The lowest BCUT2D eigenvalue weighted by atomic mass is 10.1. The maximum atomic E-state index is 12.1. The highest BCUT2D eigenvalue weighted by molar-refractivity contribution is 6.13. The first-order chi connectivity index (χ1) is 12.6. The van der Waals surface area contributed by atoms with Crippen LogP contribution in [0.4, 0.5) is 5.69 Å². The highest BCUT2D eigenvalue weighted by Crippen LogP contribution is 2.23. The molecule has 0 spiro atoms. The van der Waals surface area contributed by atoms with Crippen molar-refractivity contribution in [1.82, 2.24) is 0 Å². The number of esters is 1. The van der Waals surface area contributed by atoms with E-state index in [0.29, 0.717) is 5.56 Å². The second kappa shape index (κ2) is 6.25. The fourth-order valence-corrected chi connectivity index (χ4v) is 2.74. The Bertz CT molecular complexity index is 1120. The molecule has 0 fully saturated rings. The summed E-state index contributed by atoms with van der Waals surface area (Å²) in [6, 6.07) is 19.5. The molecule has 3 aromatic carbocycles. The lowest BCUT2D eigenvalue weighted by molar-refractivity contribution is -0.384. The number of carbonyl (C=O) groups excluding carboxylic acids is 1. The topological polar surface area (TPSA) is 81.8 Å². The number of hydrogen-bond donors (Lipinski definition) is 0. The zero-order chi connectivity index (χ0) is 18.1. The molecule has 0 saturated heterocycles. The zero-order valence-electron chi connectivity index (χ0n) is 13.5. The lowest BCUT2D eigenvalue weighted by Gasteiger charge is -1.99. The minimum Gasteiger partial charge on any atom is -0.402 e. The van der Waals surface area contributed by atoms with E-state index in [-0.39, 0.29) is 17.3 Å². The Morgan fingerprint density at radius 3 is 2.58 bits per heavy atom. The molecule has 0 saturated carbocycles. The van der Waals surface area contributed by atoms with Crippen molar-refractivity contribution in [2.75, 3.05) is 0 Å². The fraction of sp³-hybridized carbons (Fsp3) is 0. The van der Waals surface area contributed by atoms with Gasteiger partial charge in [0.05, 0.1) is 4.92 Å². The normalized spacial score (nSPS) is 15.2. The molecule has 0 bridgehead atoms. The van der Waals surface area contributed by atoms with E-state index in [9.17, 15) is 14.9 Å². The van der Waals surface area contributed by atoms with E-state index in [1.807, 2.05) is 42.5 Å². The second-order valence-electron chi connectivity index (χ2n) is 5.75. The highest BCUT2D eigenvalue weighted by atomic mass is 16.6. The van der Waals surface area contributed by atoms with Gasteiger partial charge in [0.25, 0.3) is 5.69 Å². The molecule has 0 radical (unpaired) electrons. The van der Waals surface area contributed by atoms with Crippen molar-refractivity contribution in [1.29, 1.82) is 0 Å². The predicted octanol–water partition coefficient (Wildman–Crippen LogP) is 4.09. The first-order valence-electron chi connectivity index (χ1n) is 7.86. The van der Waals surface area contributed by atoms with E-state index in [1.165, 1.54) is 18.2 Å². The Balaban J connectivity index is 1.70. The number of carbonyl (C=O) groups is 1. The monoisotopic (exact) mass is 344 g/mol. The van der Waals surface area contributed by atoms with Crippen LogP contribution in [0.2, 0.25) is 0 Å². The van der Waals surface area contributed by atoms with Gasteiger partial charge < -0.3 is 4.74 Å². The minimum absolute atomic E-state index is 0.0609. The quantitative estimate of drug-likeness (QED) is 0.310. The third kappa shape index (κ3) is 2.95. The molecule has 126 valence electrons. The number of aliphatic imine (C=N–C) groups is 1. The lowest BCUT2D eigenvalue weighted by Crippen LogP contribution is -2.05. The van der Waals surface area contributed by atoms with Gasteiger partial charge in [-0.3, -0.25) is 10.1 Å². The molecular weight excluding hydrogens is 332 g/mol. The summed E-state index contributed by atoms with van der Waals surface area (Å²) in [7, 11) is 0. The maximum absolute atomic E-state index is 12.1. The van der Waals surface area contributed by atoms with Crippen LogP contribution in [0.1, 0.15) is 11.1 Å². The number of nitrogens with zero attached hydrogens (tertiary/aromatic N) is 2. The van der Waals surface area contributed by atoms with Gasteiger partial charge in [-0.15, -0.1) is 0 Å². The van der Waals surface area contributed by atoms with E-state index in [0.717, 1.165) is 16.3 Å². The SMILES string of the molecule is O=C1OC(c2cccc([N+](=O)[O-])c2)=N/C1=C\c1ccc2ccccc2c1. The summed E-state index contributed by atoms with van der Waals surface area (Å²) >= 11 is 0. The van der Waals surface area contributed by atoms with Crippen LogP contribution in [0.5, 0.6) is 0 Å². The molecule has 1 aliphatic rings. The van der Waals surface area contributed by atoms with Crippen molar-refractivity contribution >= 4 is 34.4 Å². The third-order valence-electron chi connectivity index (χ3n) is 4.00. The Labute approximate surface area is 148 Å². The van der Waals surface area contributed by atoms with E-state index in [2.05, 4.69) is 4.99 Å². The predicted molar refractivity (Wildman–Crippen MR) is 97.7 cm³/mol. The van der Waals surface area contributed by atoms with Crippen molar-refractivity contribution in [3.63, 3.8) is 0 Å². The summed E-state index contributed by atoms with van der Waals surface area (Å²) in [5.74, 6) is -0.523. The van der Waals surface area contributed by atoms with E-state index >= 15 is 0 Å². The summed E-state index contributed by atoms with van der Waals surface area (Å²) < 4.78 is 5.17. The van der Waals surface area contributed by atoms with Crippen LogP contribution in [0.15, 0.2) is 77.4 Å². The standard InChI is InChI=1S/C20H12N2O4/c23-20-18(11-13-8-9-14-4-1-2-5-15(14)10-13)21-19(26-20)16-6-3-7-17(12-16)22(24)25/h1-12H/b18-11-. The van der Waals surface area contributed by atoms with Crippen LogP contribution >= 0.6 is 0 Å². The Morgan fingerprint density at radius 1 is 0.962 bits per heavy atom. The van der Waals surface area contributed by atoms with Gasteiger partial charge in [-0.2, -0.15) is 0 Å². The number of benzene rings is 3. The smallest absolute Gasteiger partial charge is 0.363 e. The van der Waals surface area contributed by atoms with E-state index in [1.54, 1.807) is 12.1 Å². The average Bonchev–Trinajstić information content (AvgIpc) is 3.02. The largest absolute Gasteiger partial charge is 0.402 e. The molecule has 0 N–H and O–H groups in total. The molecule has 0 atom stereocenters. The zero-order valence-corrected chi connectivity index (χ0v) is 13.5. The van der Waals surface area contributed by atoms with Crippen molar-refractivity contribution in [3.05, 3.63) is 93.7 Å². The molecule has 3 aromatic rings. The van der Waals surface area contributed by atoms with Gasteiger partial charge in [-0.25, -0.2) is 9.79 Å². The van der Waals surface area contributed by atoms with Gasteiger partial charge in [0.15, 0.2) is 5.70 Å². The number of cyclic esters (lactones) is 1. The summed E-state index contributed by atoms with van der Waals surface area (Å²) in [6.07, 6.45) is 1.64. The number of non-ortho nitro benzene ring substituents is 1. The number of ether oxygens (including phenoxy) is 1. The molecule has 4 rings (SSSR count). The molecule has 0 amide bonds. The van der Waals surface area contributed by atoms with Gasteiger partial charge >= 0.3 is 5.97 Å². The van der Waals surface area contributed by atoms with Gasteiger partial charge in [-0.1, -0.05) is 42.5 Å². The summed E-state index contributed by atoms with van der Waals surface area (Å²) in [5, 5.41) is 13.0. The van der Waals surface area contributed by atoms with Crippen LogP contribution < -0.4 is 0 Å². The van der Waals surface area contributed by atoms with Gasteiger partial charge in [0.1, 0.15) is 0 Å². The van der Waals surface area contributed by atoms with Crippen molar-refractivity contribution in [3.8, 4) is 0 Å². The Morgan fingerprint density at radius 2 is 1.77 bits per heavy atom. The van der Waals surface area contributed by atoms with Crippen LogP contribution in [0.25, 0.3) is 16.8 Å². The first kappa shape index (κ1) is 15.7. The van der Waals surface area contributed by atoms with Gasteiger partial charge in [0.2, 0.25) is 5.90 Å². The Kier molecular flexibility index (Phi) is 3.78. The first-order valence-corrected chi connectivity index (χ1v) is 7.86. The second-order valence-corrected chi connectivity index (χ2v) is 5.75. The highest BCUT2D eigenvalue weighted by Gasteiger charge is 2.25. The van der Waals surface area contributed by atoms with Crippen LogP contribution in [0.3, 0.4) is 0 Å². The molecule has 1 aliphatic heterocycles. The van der Waals surface area contributed by atoms with E-state index < -0.39 is 10.9 Å². The minimum atomic E-state index is -0.584. The van der Waals surface area contributed by atoms with Crippen molar-refractivity contribution in [2.45, 2.75) is 0 Å². The van der Waals surface area contributed by atoms with Crippen molar-refractivity contribution in [2.24, 2.45) is 4.99 Å². The number of nitro benzene ring substituents is 1. The number of rotatable bonds is 3. The molecule has 26 heavy (non-hydrogen) atoms.